The molecule has 3 nitrogen and oxygen atoms in total. The van der Waals surface area contributed by atoms with E-state index in [1.54, 1.807) is 0 Å². The van der Waals surface area contributed by atoms with Crippen molar-refractivity contribution in [1.82, 2.24) is 0 Å². The van der Waals surface area contributed by atoms with Crippen molar-refractivity contribution in [3.8, 4) is 0 Å². The zero-order chi connectivity index (χ0) is 5.86. The second kappa shape index (κ2) is 2.96. The summed E-state index contributed by atoms with van der Waals surface area (Å²) in [6.07, 6.45) is -1.97. The van der Waals surface area contributed by atoms with Crippen LogP contribution in [0.5, 0.6) is 0 Å². The summed E-state index contributed by atoms with van der Waals surface area (Å²) in [4.78, 5) is 0. The maximum Gasteiger partial charge on any atom is 0.153 e. The standard InChI is InChI=1S/C4H10O3/c1-3(5)2-4(6)7/h3-7H,2H2,1H3. The minimum atomic E-state index is -1.38. The topological polar surface area (TPSA) is 60.7 Å². The molecule has 0 rings (SSSR count). The summed E-state index contributed by atoms with van der Waals surface area (Å²) >= 11 is 0. The normalized spacial score (nSPS) is 15.0. The SMILES string of the molecule is CC(O)CC(O)O. The van der Waals surface area contributed by atoms with Gasteiger partial charge in [-0.2, -0.15) is 0 Å². The first kappa shape index (κ1) is 6.88. The molecule has 0 aromatic rings. The summed E-state index contributed by atoms with van der Waals surface area (Å²) in [7, 11) is 0. The van der Waals surface area contributed by atoms with Crippen molar-refractivity contribution < 1.29 is 15.3 Å². The monoisotopic (exact) mass is 106 g/mol. The highest BCUT2D eigenvalue weighted by molar-refractivity contribution is 4.45. The van der Waals surface area contributed by atoms with E-state index in [4.69, 9.17) is 15.3 Å². The molecule has 0 aliphatic rings. The molecule has 0 radical (unpaired) electrons. The van der Waals surface area contributed by atoms with Gasteiger partial charge in [0.25, 0.3) is 0 Å². The van der Waals surface area contributed by atoms with Crippen LogP contribution in [-0.4, -0.2) is 27.7 Å². The Kier molecular flexibility index (Phi) is 2.91. The molecule has 0 aromatic carbocycles. The van der Waals surface area contributed by atoms with E-state index in [2.05, 4.69) is 0 Å². The van der Waals surface area contributed by atoms with Gasteiger partial charge < -0.3 is 15.3 Å². The third kappa shape index (κ3) is 5.88. The third-order valence-corrected chi connectivity index (χ3v) is 0.552. The van der Waals surface area contributed by atoms with Gasteiger partial charge in [-0.3, -0.25) is 0 Å². The Balaban J connectivity index is 2.95. The average Bonchev–Trinajstić information content (AvgIpc) is 1.27. The predicted molar refractivity (Wildman–Crippen MR) is 24.5 cm³/mol. The fourth-order valence-corrected chi connectivity index (χ4v) is 0.305. The zero-order valence-electron chi connectivity index (χ0n) is 4.20. The van der Waals surface area contributed by atoms with Gasteiger partial charge in [0.15, 0.2) is 6.29 Å². The first-order chi connectivity index (χ1) is 3.13. The van der Waals surface area contributed by atoms with Crippen LogP contribution in [0.3, 0.4) is 0 Å². The number of aliphatic hydroxyl groups is 3. The van der Waals surface area contributed by atoms with Crippen molar-refractivity contribution in [3.05, 3.63) is 0 Å². The number of aliphatic hydroxyl groups excluding tert-OH is 2. The number of hydrogen-bond acceptors (Lipinski definition) is 3. The maximum absolute atomic E-state index is 8.40. The molecule has 7 heavy (non-hydrogen) atoms. The van der Waals surface area contributed by atoms with Gasteiger partial charge in [-0.05, 0) is 6.92 Å². The van der Waals surface area contributed by atoms with Gasteiger partial charge in [0.1, 0.15) is 0 Å². The van der Waals surface area contributed by atoms with Crippen molar-refractivity contribution >= 4 is 0 Å². The van der Waals surface area contributed by atoms with Crippen LogP contribution < -0.4 is 0 Å². The van der Waals surface area contributed by atoms with Crippen LogP contribution >= 0.6 is 0 Å². The van der Waals surface area contributed by atoms with Crippen molar-refractivity contribution in [2.45, 2.75) is 25.7 Å². The lowest BCUT2D eigenvalue weighted by atomic mass is 10.3. The second-order valence-electron chi connectivity index (χ2n) is 1.57. The van der Waals surface area contributed by atoms with Crippen molar-refractivity contribution in [3.63, 3.8) is 0 Å². The molecule has 0 aromatic heterocycles. The van der Waals surface area contributed by atoms with E-state index in [0.717, 1.165) is 0 Å². The van der Waals surface area contributed by atoms with Gasteiger partial charge in [-0.1, -0.05) is 0 Å². The molecule has 3 N–H and O–H groups in total. The van der Waals surface area contributed by atoms with Gasteiger partial charge in [-0.25, -0.2) is 0 Å². The Morgan fingerprint density at radius 1 is 1.29 bits per heavy atom. The quantitative estimate of drug-likeness (QED) is 0.398. The smallest absolute Gasteiger partial charge is 0.153 e. The minimum absolute atomic E-state index is 0.0278. The fourth-order valence-electron chi connectivity index (χ4n) is 0.305. The Labute approximate surface area is 42.2 Å². The summed E-state index contributed by atoms with van der Waals surface area (Å²) in [6.45, 7) is 1.50. The maximum atomic E-state index is 8.40. The Morgan fingerprint density at radius 2 is 1.71 bits per heavy atom. The van der Waals surface area contributed by atoms with Crippen molar-refractivity contribution in [1.29, 1.82) is 0 Å². The molecule has 1 atom stereocenters. The first-order valence-corrected chi connectivity index (χ1v) is 2.17. The molecule has 0 fully saturated rings. The summed E-state index contributed by atoms with van der Waals surface area (Å²) < 4.78 is 0. The van der Waals surface area contributed by atoms with E-state index >= 15 is 0 Å². The molecule has 1 unspecified atom stereocenters. The number of rotatable bonds is 2. The largest absolute Gasteiger partial charge is 0.393 e. The van der Waals surface area contributed by atoms with Crippen LogP contribution in [0.4, 0.5) is 0 Å². The van der Waals surface area contributed by atoms with E-state index in [-0.39, 0.29) is 6.42 Å². The Morgan fingerprint density at radius 3 is 1.71 bits per heavy atom. The zero-order valence-corrected chi connectivity index (χ0v) is 4.20. The molecule has 0 saturated heterocycles. The molecule has 0 heterocycles. The Bertz CT molecular complexity index is 36.2. The van der Waals surface area contributed by atoms with Crippen molar-refractivity contribution in [2.24, 2.45) is 0 Å². The molecular weight excluding hydrogens is 96.0 g/mol. The fraction of sp³-hybridized carbons (Fsp3) is 1.00. The lowest BCUT2D eigenvalue weighted by molar-refractivity contribution is -0.0667. The van der Waals surface area contributed by atoms with E-state index in [1.165, 1.54) is 6.92 Å². The molecule has 0 amide bonds. The number of hydrogen-bond donors (Lipinski definition) is 3. The highest BCUT2D eigenvalue weighted by Gasteiger charge is 2.00. The Hall–Kier alpha value is -0.120. The lowest BCUT2D eigenvalue weighted by Gasteiger charge is -2.03. The van der Waals surface area contributed by atoms with Crippen molar-refractivity contribution in [2.75, 3.05) is 0 Å². The third-order valence-electron chi connectivity index (χ3n) is 0.552. The first-order valence-electron chi connectivity index (χ1n) is 2.17. The molecule has 0 aliphatic carbocycles. The molecule has 3 heteroatoms. The minimum Gasteiger partial charge on any atom is -0.393 e. The van der Waals surface area contributed by atoms with Crippen LogP contribution in [0.25, 0.3) is 0 Å². The molecule has 44 valence electrons. The van der Waals surface area contributed by atoms with E-state index < -0.39 is 12.4 Å². The summed E-state index contributed by atoms with van der Waals surface area (Å²) in [5.41, 5.74) is 0. The van der Waals surface area contributed by atoms with E-state index in [0.29, 0.717) is 0 Å². The molecular formula is C4H10O3. The molecule has 0 saturated carbocycles. The average molecular weight is 106 g/mol. The highest BCUT2D eigenvalue weighted by Crippen LogP contribution is 1.91. The van der Waals surface area contributed by atoms with Gasteiger partial charge in [0, 0.05) is 6.42 Å². The van der Waals surface area contributed by atoms with Gasteiger partial charge in [-0.15, -0.1) is 0 Å². The second-order valence-corrected chi connectivity index (χ2v) is 1.57. The van der Waals surface area contributed by atoms with Crippen LogP contribution in [0.1, 0.15) is 13.3 Å². The molecule has 0 spiro atoms. The van der Waals surface area contributed by atoms with Crippen LogP contribution in [-0.2, 0) is 0 Å². The molecule has 0 bridgehead atoms. The van der Waals surface area contributed by atoms with E-state index in [9.17, 15) is 0 Å². The summed E-state index contributed by atoms with van der Waals surface area (Å²) in [5, 5.41) is 24.6. The summed E-state index contributed by atoms with van der Waals surface area (Å²) in [6, 6.07) is 0. The van der Waals surface area contributed by atoms with Gasteiger partial charge in [0.05, 0.1) is 6.10 Å². The van der Waals surface area contributed by atoms with Crippen LogP contribution in [0.2, 0.25) is 0 Å². The lowest BCUT2D eigenvalue weighted by Crippen LogP contribution is -2.12. The predicted octanol–water partition coefficient (Wildman–Crippen LogP) is -0.932. The highest BCUT2D eigenvalue weighted by atomic mass is 16.5. The van der Waals surface area contributed by atoms with Gasteiger partial charge in [0.2, 0.25) is 0 Å². The molecule has 0 aliphatic heterocycles. The van der Waals surface area contributed by atoms with Crippen LogP contribution in [0.15, 0.2) is 0 Å². The van der Waals surface area contributed by atoms with Gasteiger partial charge >= 0.3 is 0 Å². The van der Waals surface area contributed by atoms with Crippen LogP contribution in [0, 0.1) is 0 Å². The summed E-state index contributed by atoms with van der Waals surface area (Å²) in [5.74, 6) is 0. The van der Waals surface area contributed by atoms with E-state index in [1.807, 2.05) is 0 Å².